The van der Waals surface area contributed by atoms with Gasteiger partial charge in [0.15, 0.2) is 0 Å². The number of hydrogen-bond donors (Lipinski definition) is 17. The Hall–Kier alpha value is -9.34. The van der Waals surface area contributed by atoms with Crippen LogP contribution < -0.4 is 88.0 Å². The van der Waals surface area contributed by atoms with Gasteiger partial charge in [-0.05, 0) is 139 Å². The van der Waals surface area contributed by atoms with E-state index in [1.807, 2.05) is 0 Å². The second-order valence-electron chi connectivity index (χ2n) is 25.2. The molecular formula is C65H102N18O15. The molecule has 4 rings (SSSR count). The first-order chi connectivity index (χ1) is 46.6. The van der Waals surface area contributed by atoms with Gasteiger partial charge >= 0.3 is 0 Å². The maximum absolute atomic E-state index is 14.5. The van der Waals surface area contributed by atoms with Crippen molar-refractivity contribution in [1.82, 2.24) is 57.7 Å². The van der Waals surface area contributed by atoms with Crippen molar-refractivity contribution in [1.29, 1.82) is 0 Å². The van der Waals surface area contributed by atoms with Gasteiger partial charge in [0.25, 0.3) is 0 Å². The summed E-state index contributed by atoms with van der Waals surface area (Å²) in [6, 6.07) is -0.118. The molecule has 0 saturated carbocycles. The number of phenols is 1. The van der Waals surface area contributed by atoms with Gasteiger partial charge in [0.1, 0.15) is 66.2 Å². The van der Waals surface area contributed by atoms with E-state index < -0.39 is 169 Å². The van der Waals surface area contributed by atoms with E-state index in [0.29, 0.717) is 82.0 Å². The molecule has 2 aliphatic rings. The van der Waals surface area contributed by atoms with Gasteiger partial charge in [-0.15, -0.1) is 0 Å². The standard InChI is InChI=1S/C65H102N18O15/c1-37(2)31-49(81-62(95)48(35-53(71)86)80-60(93)45(32-39-15-5-4-6-16-39)78-57(90)42(69)17-7-10-26-66)65(98)83-30-14-21-51(83)63(96)74-38(3)56(89)73-36-54(87)75-47(34-52(70)85)61(94)79-46(33-40-22-24-41(84)25-23-40)59(92)76-43(18-8-11-27-67)58(91)77-44(19-9-12-28-68)64(97)82-29-13-20-50(82)55(72)88/h4-6,15-16,22-25,37-38,42-51,84H,7-14,17-21,26-36,66-69H2,1-3H3,(H2,70,85)(H2,71,86)(H2,72,88)(H,73,89)(H,74,96)(H,75,87)(H,76,92)(H,77,91)(H,78,90)(H,79,94)(H,80,93)(H,81,95)/t38-,42-,43-,44-,45-,46-,47-,48-,49-,50-,51-/m0/s1. The number of amides is 14. The average molecular weight is 1380 g/mol. The Morgan fingerprint density at radius 2 is 0.908 bits per heavy atom. The molecule has 33 nitrogen and oxygen atoms in total. The highest BCUT2D eigenvalue weighted by molar-refractivity contribution is 6.00. The number of aromatic hydroxyl groups is 1. The summed E-state index contributed by atoms with van der Waals surface area (Å²) in [5, 5.41) is 33.0. The summed E-state index contributed by atoms with van der Waals surface area (Å²) in [7, 11) is 0. The van der Waals surface area contributed by atoms with E-state index in [1.165, 1.54) is 41.0 Å². The van der Waals surface area contributed by atoms with Gasteiger partial charge in [-0.25, -0.2) is 0 Å². The Kier molecular flexibility index (Phi) is 34.5. The lowest BCUT2D eigenvalue weighted by molar-refractivity contribution is -0.143. The highest BCUT2D eigenvalue weighted by atomic mass is 16.3. The third kappa shape index (κ3) is 27.3. The maximum Gasteiger partial charge on any atom is 0.245 e. The number of likely N-dealkylation sites (tertiary alicyclic amines) is 2. The molecule has 0 unspecified atom stereocenters. The number of carbonyl (C=O) groups excluding carboxylic acids is 14. The van der Waals surface area contributed by atoms with Crippen LogP contribution in [0.3, 0.4) is 0 Å². The third-order valence-electron chi connectivity index (χ3n) is 16.7. The highest BCUT2D eigenvalue weighted by Gasteiger charge is 2.42. The van der Waals surface area contributed by atoms with Gasteiger partial charge in [0, 0.05) is 25.9 Å². The number of benzene rings is 2. The monoisotopic (exact) mass is 1370 g/mol. The smallest absolute Gasteiger partial charge is 0.245 e. The molecule has 2 saturated heterocycles. The van der Waals surface area contributed by atoms with Gasteiger partial charge < -0.3 is 103 Å². The normalized spacial score (nSPS) is 17.0. The molecule has 2 fully saturated rings. The van der Waals surface area contributed by atoms with E-state index in [2.05, 4.69) is 47.9 Å². The van der Waals surface area contributed by atoms with Crippen molar-refractivity contribution in [3.8, 4) is 5.75 Å². The molecule has 14 amide bonds. The number of nitrogens with zero attached hydrogens (tertiary/aromatic N) is 2. The number of hydrogen-bond acceptors (Lipinski definition) is 19. The third-order valence-corrected chi connectivity index (χ3v) is 16.7. The van der Waals surface area contributed by atoms with Crippen LogP contribution in [0.2, 0.25) is 0 Å². The molecule has 33 heteroatoms. The number of rotatable bonds is 43. The van der Waals surface area contributed by atoms with Crippen LogP contribution in [0.1, 0.15) is 135 Å². The van der Waals surface area contributed by atoms with Crippen LogP contribution in [-0.4, -0.2) is 203 Å². The molecule has 542 valence electrons. The van der Waals surface area contributed by atoms with E-state index in [1.54, 1.807) is 44.2 Å². The average Bonchev–Trinajstić information content (AvgIpc) is 1.65. The van der Waals surface area contributed by atoms with Crippen molar-refractivity contribution in [3.05, 3.63) is 65.7 Å². The Labute approximate surface area is 570 Å². The van der Waals surface area contributed by atoms with Crippen LogP contribution in [0, 0.1) is 5.92 Å². The molecule has 2 aromatic carbocycles. The number of unbranched alkanes of at least 4 members (excludes halogenated alkanes) is 3. The van der Waals surface area contributed by atoms with Crippen LogP contribution in [0.4, 0.5) is 0 Å². The zero-order valence-corrected chi connectivity index (χ0v) is 56.2. The fourth-order valence-corrected chi connectivity index (χ4v) is 11.4. The lowest BCUT2D eigenvalue weighted by atomic mass is 10.0. The van der Waals surface area contributed by atoms with E-state index in [-0.39, 0.29) is 76.2 Å². The van der Waals surface area contributed by atoms with Crippen LogP contribution in [0.15, 0.2) is 54.6 Å². The summed E-state index contributed by atoms with van der Waals surface area (Å²) in [6.45, 7) is 5.21. The van der Waals surface area contributed by atoms with Gasteiger partial charge in [-0.2, -0.15) is 0 Å². The zero-order valence-electron chi connectivity index (χ0n) is 56.2. The molecule has 11 atom stereocenters. The van der Waals surface area contributed by atoms with E-state index in [4.69, 9.17) is 40.1 Å². The largest absolute Gasteiger partial charge is 0.508 e. The summed E-state index contributed by atoms with van der Waals surface area (Å²) in [5.41, 5.74) is 41.0. The van der Waals surface area contributed by atoms with Gasteiger partial charge in [0.2, 0.25) is 82.7 Å². The van der Waals surface area contributed by atoms with E-state index in [9.17, 15) is 72.2 Å². The predicted molar refractivity (Wildman–Crippen MR) is 359 cm³/mol. The minimum absolute atomic E-state index is 0.0168. The van der Waals surface area contributed by atoms with Crippen molar-refractivity contribution in [3.63, 3.8) is 0 Å². The van der Waals surface area contributed by atoms with Crippen molar-refractivity contribution >= 4 is 82.7 Å². The Morgan fingerprint density at radius 3 is 1.44 bits per heavy atom. The first-order valence-corrected chi connectivity index (χ1v) is 33.4. The number of nitrogens with two attached hydrogens (primary N) is 7. The maximum atomic E-state index is 14.5. The first-order valence-electron chi connectivity index (χ1n) is 33.4. The molecule has 2 aliphatic heterocycles. The molecular weight excluding hydrogens is 1270 g/mol. The topological polar surface area (TPSA) is 556 Å². The minimum atomic E-state index is -1.76. The lowest BCUT2D eigenvalue weighted by Gasteiger charge is -2.31. The summed E-state index contributed by atoms with van der Waals surface area (Å²) >= 11 is 0. The van der Waals surface area contributed by atoms with Crippen molar-refractivity contribution in [2.24, 2.45) is 46.1 Å². The summed E-state index contributed by atoms with van der Waals surface area (Å²) in [6.07, 6.45) is 2.82. The summed E-state index contributed by atoms with van der Waals surface area (Å²) < 4.78 is 0. The Bertz CT molecular complexity index is 3050. The van der Waals surface area contributed by atoms with Gasteiger partial charge in [-0.3, -0.25) is 67.1 Å². The quantitative estimate of drug-likeness (QED) is 0.0277. The Balaban J connectivity index is 1.45. The van der Waals surface area contributed by atoms with Crippen LogP contribution in [0.5, 0.6) is 5.75 Å². The van der Waals surface area contributed by atoms with Crippen molar-refractivity contribution in [2.75, 3.05) is 39.3 Å². The molecule has 0 spiro atoms. The highest BCUT2D eigenvalue weighted by Crippen LogP contribution is 2.23. The molecule has 0 aliphatic carbocycles. The molecule has 2 aromatic rings. The van der Waals surface area contributed by atoms with Gasteiger partial charge in [0.05, 0.1) is 25.4 Å². The lowest BCUT2D eigenvalue weighted by Crippen LogP contribution is -2.60. The fourth-order valence-electron chi connectivity index (χ4n) is 11.4. The minimum Gasteiger partial charge on any atom is -0.508 e. The first kappa shape index (κ1) is 81.1. The SMILES string of the molecule is CC(C)C[C@H](NC(=O)[C@H](CC(N)=O)NC(=O)[C@H](Cc1ccccc1)NC(=O)[C@@H](N)CCCCN)C(=O)N1CCC[C@H]1C(=O)N[C@@H](C)C(=O)NCC(=O)N[C@@H](CC(N)=O)C(=O)N[C@@H](Cc1ccc(O)cc1)C(=O)N[C@@H](CCCCN)C(=O)N[C@@H](CCCCN)C(=O)N1CCC[C@H]1C(N)=O. The number of carbonyl (C=O) groups is 14. The number of phenolic OH excluding ortho intramolecular Hbond substituents is 1. The number of nitrogens with one attached hydrogen (secondary N) is 9. The van der Waals surface area contributed by atoms with Crippen LogP contribution in [0.25, 0.3) is 0 Å². The summed E-state index contributed by atoms with van der Waals surface area (Å²) in [5.74, 6) is -12.3. The molecule has 24 N–H and O–H groups in total. The zero-order chi connectivity index (χ0) is 72.6. The molecule has 0 aromatic heterocycles. The predicted octanol–water partition coefficient (Wildman–Crippen LogP) is -4.83. The van der Waals surface area contributed by atoms with Crippen molar-refractivity contribution < 1.29 is 72.2 Å². The second-order valence-corrected chi connectivity index (χ2v) is 25.2. The van der Waals surface area contributed by atoms with Crippen molar-refractivity contribution in [2.45, 2.75) is 203 Å². The van der Waals surface area contributed by atoms with Gasteiger partial charge in [-0.1, -0.05) is 62.7 Å². The molecule has 0 bridgehead atoms. The summed E-state index contributed by atoms with van der Waals surface area (Å²) in [4.78, 5) is 193. The molecule has 2 heterocycles. The molecule has 0 radical (unpaired) electrons. The van der Waals surface area contributed by atoms with Crippen LogP contribution >= 0.6 is 0 Å². The Morgan fingerprint density at radius 1 is 0.480 bits per heavy atom. The molecule has 98 heavy (non-hydrogen) atoms. The van der Waals surface area contributed by atoms with Crippen LogP contribution in [-0.2, 0) is 80.0 Å². The second kappa shape index (κ2) is 41.7. The van der Waals surface area contributed by atoms with E-state index in [0.717, 1.165) is 0 Å². The number of primary amides is 3. The van der Waals surface area contributed by atoms with E-state index >= 15 is 0 Å². The fraction of sp³-hybridized carbons (Fsp3) is 0.600.